The summed E-state index contributed by atoms with van der Waals surface area (Å²) < 4.78 is 2.66. The van der Waals surface area contributed by atoms with Gasteiger partial charge in [0.2, 0.25) is 0 Å². The summed E-state index contributed by atoms with van der Waals surface area (Å²) in [6.45, 7) is 12.0. The van der Waals surface area contributed by atoms with Crippen molar-refractivity contribution in [3.63, 3.8) is 0 Å². The Morgan fingerprint density at radius 2 is 1.28 bits per heavy atom. The largest absolute Gasteiger partial charge is 0.376 e. The van der Waals surface area contributed by atoms with Crippen molar-refractivity contribution < 1.29 is 0 Å². The molecule has 0 amide bonds. The van der Waals surface area contributed by atoms with Crippen molar-refractivity contribution in [1.29, 1.82) is 0 Å². The van der Waals surface area contributed by atoms with Crippen LogP contribution in [0, 0.1) is 6.92 Å². The molecule has 0 spiro atoms. The highest BCUT2D eigenvalue weighted by atomic mass is 15.1. The van der Waals surface area contributed by atoms with E-state index in [1.165, 1.54) is 99.9 Å². The van der Waals surface area contributed by atoms with E-state index in [0.29, 0.717) is 0 Å². The molecule has 0 N–H and O–H groups in total. The molecule has 1 aromatic heterocycles. The van der Waals surface area contributed by atoms with Crippen LogP contribution >= 0.6 is 0 Å². The third-order valence-corrected chi connectivity index (χ3v) is 12.0. The minimum atomic E-state index is -0.107. The van der Waals surface area contributed by atoms with Gasteiger partial charge in [-0.3, -0.25) is 0 Å². The number of hydrogen-bond acceptors (Lipinski definition) is 1. The van der Waals surface area contributed by atoms with Crippen molar-refractivity contribution in [3.05, 3.63) is 137 Å². The molecule has 218 valence electrons. The van der Waals surface area contributed by atoms with Crippen LogP contribution in [0.2, 0.25) is 0 Å². The van der Waals surface area contributed by atoms with Crippen molar-refractivity contribution in [2.75, 3.05) is 4.81 Å². The summed E-state index contributed by atoms with van der Waals surface area (Å²) in [4.78, 5) is 2.67. The Morgan fingerprint density at radius 1 is 0.565 bits per heavy atom. The fraction of sp³-hybridized carbons (Fsp3) is 0.163. The average Bonchev–Trinajstić information content (AvgIpc) is 3.53. The van der Waals surface area contributed by atoms with E-state index in [1.807, 2.05) is 0 Å². The van der Waals surface area contributed by atoms with Crippen molar-refractivity contribution in [3.8, 4) is 27.9 Å². The molecule has 0 unspecified atom stereocenters. The minimum absolute atomic E-state index is 0.0575. The van der Waals surface area contributed by atoms with Crippen LogP contribution in [0.5, 0.6) is 0 Å². The molecule has 0 saturated heterocycles. The lowest BCUT2D eigenvalue weighted by atomic mass is 9.43. The summed E-state index contributed by atoms with van der Waals surface area (Å²) in [5.41, 5.74) is 21.9. The molecule has 11 rings (SSSR count). The number of anilines is 2. The molecule has 0 saturated carbocycles. The van der Waals surface area contributed by atoms with E-state index in [4.69, 9.17) is 0 Å². The minimum Gasteiger partial charge on any atom is -0.376 e. The maximum Gasteiger partial charge on any atom is 0.333 e. The first-order valence-corrected chi connectivity index (χ1v) is 16.7. The van der Waals surface area contributed by atoms with Crippen molar-refractivity contribution in [2.24, 2.45) is 0 Å². The molecule has 3 heteroatoms. The normalized spacial score (nSPS) is 16.6. The summed E-state index contributed by atoms with van der Waals surface area (Å²) in [5.74, 6) is 0. The van der Waals surface area contributed by atoms with Crippen LogP contribution in [0.15, 0.2) is 109 Å². The lowest BCUT2D eigenvalue weighted by molar-refractivity contribution is 0.631. The maximum absolute atomic E-state index is 2.67. The molecule has 0 bridgehead atoms. The van der Waals surface area contributed by atoms with Gasteiger partial charge in [0.1, 0.15) is 0 Å². The van der Waals surface area contributed by atoms with E-state index in [-0.39, 0.29) is 17.7 Å². The molecule has 4 aliphatic rings. The standard InChI is InChI=1S/C43H33BN2/c1-24-21-30-29-22-28-26-15-9-10-17-31(26)42(2,3)34(28)23-36(29)46(25-13-7-6-8-14-25)44-35-20-12-19-33-40(35)45-39-27(37(24)41(45)38(30)44)16-11-18-32(39)43(33,4)5/h6-23H,1-5H3. The van der Waals surface area contributed by atoms with E-state index in [9.17, 15) is 0 Å². The number of aromatic nitrogens is 1. The molecule has 0 fully saturated rings. The highest BCUT2D eigenvalue weighted by Crippen LogP contribution is 2.55. The second-order valence-electron chi connectivity index (χ2n) is 15.0. The molecule has 3 aliphatic heterocycles. The number of para-hydroxylation sites is 3. The summed E-state index contributed by atoms with van der Waals surface area (Å²) in [5, 5.41) is 2.78. The highest BCUT2D eigenvalue weighted by Gasteiger charge is 2.49. The molecule has 1 aliphatic carbocycles. The Morgan fingerprint density at radius 3 is 2.13 bits per heavy atom. The summed E-state index contributed by atoms with van der Waals surface area (Å²) in [6.07, 6.45) is 0. The Labute approximate surface area is 270 Å². The van der Waals surface area contributed by atoms with Crippen LogP contribution < -0.4 is 15.7 Å². The number of benzene rings is 6. The van der Waals surface area contributed by atoms with Crippen molar-refractivity contribution >= 4 is 51.0 Å². The third kappa shape index (κ3) is 2.64. The van der Waals surface area contributed by atoms with Gasteiger partial charge in [0.25, 0.3) is 0 Å². The van der Waals surface area contributed by atoms with Crippen LogP contribution in [0.25, 0.3) is 49.7 Å². The smallest absolute Gasteiger partial charge is 0.333 e. The number of nitrogens with zero attached hydrogens (tertiary/aromatic N) is 2. The van der Waals surface area contributed by atoms with Crippen molar-refractivity contribution in [2.45, 2.75) is 45.4 Å². The van der Waals surface area contributed by atoms with Crippen LogP contribution in [0.1, 0.15) is 55.5 Å². The molecular formula is C43H33BN2. The first kappa shape index (κ1) is 25.2. The third-order valence-electron chi connectivity index (χ3n) is 12.0. The monoisotopic (exact) mass is 588 g/mol. The molecule has 4 heterocycles. The molecule has 2 nitrogen and oxygen atoms in total. The van der Waals surface area contributed by atoms with Gasteiger partial charge in [0.05, 0.1) is 11.0 Å². The summed E-state index contributed by atoms with van der Waals surface area (Å²) in [6, 6.07) is 41.8. The van der Waals surface area contributed by atoms with Gasteiger partial charge < -0.3 is 9.38 Å². The second-order valence-corrected chi connectivity index (χ2v) is 15.0. The van der Waals surface area contributed by atoms with Gasteiger partial charge in [0, 0.05) is 44.2 Å². The number of hydrogen-bond donors (Lipinski definition) is 0. The van der Waals surface area contributed by atoms with Gasteiger partial charge in [0.15, 0.2) is 0 Å². The van der Waals surface area contributed by atoms with Gasteiger partial charge >= 0.3 is 6.85 Å². The summed E-state index contributed by atoms with van der Waals surface area (Å²) in [7, 11) is 0. The van der Waals surface area contributed by atoms with Gasteiger partial charge in [-0.1, -0.05) is 113 Å². The lowest BCUT2D eigenvalue weighted by Gasteiger charge is -2.45. The topological polar surface area (TPSA) is 8.17 Å². The maximum atomic E-state index is 2.67. The number of fused-ring (bicyclic) bond motifs is 7. The average molecular weight is 589 g/mol. The fourth-order valence-corrected chi connectivity index (χ4v) is 9.99. The van der Waals surface area contributed by atoms with Crippen LogP contribution in [-0.2, 0) is 10.8 Å². The predicted octanol–water partition coefficient (Wildman–Crippen LogP) is 9.28. The zero-order chi connectivity index (χ0) is 30.9. The predicted molar refractivity (Wildman–Crippen MR) is 194 cm³/mol. The van der Waals surface area contributed by atoms with E-state index >= 15 is 0 Å². The molecule has 0 atom stereocenters. The Kier molecular flexibility index (Phi) is 4.30. The first-order chi connectivity index (χ1) is 22.3. The lowest BCUT2D eigenvalue weighted by Crippen LogP contribution is -2.61. The van der Waals surface area contributed by atoms with E-state index in [2.05, 4.69) is 153 Å². The van der Waals surface area contributed by atoms with Gasteiger partial charge in [-0.25, -0.2) is 0 Å². The second kappa shape index (κ2) is 7.85. The Balaban J connectivity index is 1.37. The molecule has 7 aromatic rings. The fourth-order valence-electron chi connectivity index (χ4n) is 9.99. The quantitative estimate of drug-likeness (QED) is 0.174. The zero-order valence-corrected chi connectivity index (χ0v) is 26.9. The van der Waals surface area contributed by atoms with Gasteiger partial charge in [-0.15, -0.1) is 0 Å². The molecule has 46 heavy (non-hydrogen) atoms. The van der Waals surface area contributed by atoms with Crippen LogP contribution in [0.4, 0.5) is 11.4 Å². The molecule has 0 radical (unpaired) electrons. The summed E-state index contributed by atoms with van der Waals surface area (Å²) >= 11 is 0. The van der Waals surface area contributed by atoms with Gasteiger partial charge in [-0.05, 0) is 86.6 Å². The van der Waals surface area contributed by atoms with E-state index < -0.39 is 0 Å². The zero-order valence-electron chi connectivity index (χ0n) is 26.9. The van der Waals surface area contributed by atoms with E-state index in [0.717, 1.165) is 0 Å². The Bertz CT molecular complexity index is 2550. The highest BCUT2D eigenvalue weighted by molar-refractivity contribution is 6.93. The Hall–Kier alpha value is -5.02. The number of rotatable bonds is 1. The first-order valence-electron chi connectivity index (χ1n) is 16.7. The SMILES string of the molecule is Cc1cc2c3c4c1c1cccc5c1n4-c1c(cccc1C5(C)C)B3N(c1ccccc1)c1cc3c(cc1-2)-c1ccccc1C3(C)C. The molecule has 6 aromatic carbocycles. The number of aryl methyl sites for hydroxylation is 1. The van der Waals surface area contributed by atoms with Crippen LogP contribution in [0.3, 0.4) is 0 Å². The van der Waals surface area contributed by atoms with Crippen molar-refractivity contribution in [1.82, 2.24) is 4.57 Å². The van der Waals surface area contributed by atoms with Gasteiger partial charge in [-0.2, -0.15) is 0 Å². The van der Waals surface area contributed by atoms with E-state index in [1.54, 1.807) is 0 Å². The van der Waals surface area contributed by atoms with Crippen LogP contribution in [-0.4, -0.2) is 11.4 Å². The molecular weight excluding hydrogens is 555 g/mol.